The van der Waals surface area contributed by atoms with Gasteiger partial charge in [-0.05, 0) is 37.9 Å². The molecule has 0 atom stereocenters. The minimum atomic E-state index is -0.0311. The van der Waals surface area contributed by atoms with E-state index in [9.17, 15) is 4.79 Å². The first kappa shape index (κ1) is 14.8. The van der Waals surface area contributed by atoms with E-state index in [1.165, 1.54) is 6.42 Å². The smallest absolute Gasteiger partial charge is 0.255 e. The fourth-order valence-electron chi connectivity index (χ4n) is 2.67. The van der Waals surface area contributed by atoms with Crippen LogP contribution in [0.15, 0.2) is 18.3 Å². The van der Waals surface area contributed by atoms with Crippen molar-refractivity contribution < 1.29 is 4.79 Å². The fraction of sp³-hybridized carbons (Fsp3) is 0.600. The van der Waals surface area contributed by atoms with E-state index in [1.807, 2.05) is 0 Å². The van der Waals surface area contributed by atoms with Crippen molar-refractivity contribution in [3.8, 4) is 0 Å². The molecule has 0 bridgehead atoms. The third kappa shape index (κ3) is 3.70. The molecule has 2 rings (SSSR count). The van der Waals surface area contributed by atoms with Crippen LogP contribution < -0.4 is 10.6 Å². The van der Waals surface area contributed by atoms with Gasteiger partial charge in [0, 0.05) is 32.4 Å². The van der Waals surface area contributed by atoms with Crippen LogP contribution in [0.2, 0.25) is 0 Å². The first-order valence-electron chi connectivity index (χ1n) is 7.40. The number of nitrogens with one attached hydrogen (secondary N) is 2. The van der Waals surface area contributed by atoms with Crippen LogP contribution >= 0.6 is 0 Å². The van der Waals surface area contributed by atoms with Gasteiger partial charge in [0.15, 0.2) is 0 Å². The van der Waals surface area contributed by atoms with E-state index in [0.717, 1.165) is 32.5 Å². The van der Waals surface area contributed by atoms with Crippen LogP contribution in [0.1, 0.15) is 36.5 Å². The summed E-state index contributed by atoms with van der Waals surface area (Å²) in [5, 5.41) is 6.08. The molecule has 1 aliphatic heterocycles. The fourth-order valence-corrected chi connectivity index (χ4v) is 2.67. The molecule has 0 saturated carbocycles. The molecule has 5 heteroatoms. The molecule has 20 heavy (non-hydrogen) atoms. The molecule has 1 amide bonds. The van der Waals surface area contributed by atoms with Crippen LogP contribution in [-0.4, -0.2) is 48.5 Å². The Bertz CT molecular complexity index is 441. The van der Waals surface area contributed by atoms with Gasteiger partial charge in [-0.1, -0.05) is 6.92 Å². The number of piperidine rings is 1. The van der Waals surface area contributed by atoms with Gasteiger partial charge in [-0.25, -0.2) is 4.98 Å². The predicted molar refractivity (Wildman–Crippen MR) is 81.0 cm³/mol. The number of hydrogen-bond acceptors (Lipinski definition) is 4. The molecule has 0 radical (unpaired) electrons. The second-order valence-corrected chi connectivity index (χ2v) is 5.24. The topological polar surface area (TPSA) is 57.3 Å². The quantitative estimate of drug-likeness (QED) is 0.860. The van der Waals surface area contributed by atoms with E-state index < -0.39 is 0 Å². The average Bonchev–Trinajstić information content (AvgIpc) is 2.49. The number of carbonyl (C=O) groups is 1. The van der Waals surface area contributed by atoms with E-state index in [2.05, 4.69) is 27.4 Å². The zero-order valence-electron chi connectivity index (χ0n) is 12.4. The van der Waals surface area contributed by atoms with Crippen molar-refractivity contribution in [2.24, 2.45) is 0 Å². The molecule has 1 aliphatic rings. The summed E-state index contributed by atoms with van der Waals surface area (Å²) >= 11 is 0. The number of rotatable bonds is 5. The molecule has 5 nitrogen and oxygen atoms in total. The van der Waals surface area contributed by atoms with Crippen LogP contribution in [0.4, 0.5) is 5.82 Å². The Kier molecular flexibility index (Phi) is 5.35. The van der Waals surface area contributed by atoms with Crippen LogP contribution in [0.3, 0.4) is 0 Å². The molecule has 0 unspecified atom stereocenters. The van der Waals surface area contributed by atoms with Crippen molar-refractivity contribution in [2.75, 3.05) is 32.0 Å². The second-order valence-electron chi connectivity index (χ2n) is 5.24. The lowest BCUT2D eigenvalue weighted by atomic mass is 10.0. The van der Waals surface area contributed by atoms with Gasteiger partial charge in [-0.15, -0.1) is 0 Å². The molecule has 1 aromatic rings. The standard InChI is InChI=1S/C15H24N4O/c1-3-9-19-10-6-12(7-11-19)18-15(20)13-5-4-8-17-14(13)16-2/h4-5,8,12H,3,6-7,9-11H2,1-2H3,(H,16,17)(H,18,20). The number of carbonyl (C=O) groups excluding carboxylic acids is 1. The zero-order chi connectivity index (χ0) is 14.4. The number of nitrogens with zero attached hydrogens (tertiary/aromatic N) is 2. The highest BCUT2D eigenvalue weighted by Crippen LogP contribution is 2.14. The molecule has 2 N–H and O–H groups in total. The first-order valence-corrected chi connectivity index (χ1v) is 7.40. The third-order valence-corrected chi connectivity index (χ3v) is 3.75. The average molecular weight is 276 g/mol. The van der Waals surface area contributed by atoms with E-state index in [1.54, 1.807) is 25.4 Å². The molecule has 0 spiro atoms. The highest BCUT2D eigenvalue weighted by atomic mass is 16.1. The van der Waals surface area contributed by atoms with Gasteiger partial charge in [-0.3, -0.25) is 4.79 Å². The van der Waals surface area contributed by atoms with E-state index in [0.29, 0.717) is 11.4 Å². The second kappa shape index (κ2) is 7.24. The summed E-state index contributed by atoms with van der Waals surface area (Å²) in [5.41, 5.74) is 0.617. The molecule has 1 saturated heterocycles. The van der Waals surface area contributed by atoms with Gasteiger partial charge < -0.3 is 15.5 Å². The number of hydrogen-bond donors (Lipinski definition) is 2. The summed E-state index contributed by atoms with van der Waals surface area (Å²) in [6.07, 6.45) is 4.94. The number of pyridine rings is 1. The monoisotopic (exact) mass is 276 g/mol. The summed E-state index contributed by atoms with van der Waals surface area (Å²) < 4.78 is 0. The van der Waals surface area contributed by atoms with Crippen LogP contribution in [-0.2, 0) is 0 Å². The molecule has 1 aromatic heterocycles. The Morgan fingerprint density at radius 2 is 2.20 bits per heavy atom. The SMILES string of the molecule is CCCN1CCC(NC(=O)c2cccnc2NC)CC1. The lowest BCUT2D eigenvalue weighted by molar-refractivity contribution is 0.0911. The minimum absolute atomic E-state index is 0.0311. The largest absolute Gasteiger partial charge is 0.372 e. The Morgan fingerprint density at radius 3 is 2.85 bits per heavy atom. The lowest BCUT2D eigenvalue weighted by Crippen LogP contribution is -2.44. The molecular weight excluding hydrogens is 252 g/mol. The third-order valence-electron chi connectivity index (χ3n) is 3.75. The minimum Gasteiger partial charge on any atom is -0.372 e. The van der Waals surface area contributed by atoms with Gasteiger partial charge >= 0.3 is 0 Å². The maximum absolute atomic E-state index is 12.3. The van der Waals surface area contributed by atoms with Gasteiger partial charge in [0.25, 0.3) is 5.91 Å². The zero-order valence-corrected chi connectivity index (χ0v) is 12.4. The van der Waals surface area contributed by atoms with E-state index in [-0.39, 0.29) is 11.9 Å². The predicted octanol–water partition coefficient (Wildman–Crippen LogP) is 1.73. The van der Waals surface area contributed by atoms with Gasteiger partial charge in [0.05, 0.1) is 5.56 Å². The molecular formula is C15H24N4O. The van der Waals surface area contributed by atoms with Crippen LogP contribution in [0.5, 0.6) is 0 Å². The number of likely N-dealkylation sites (tertiary alicyclic amines) is 1. The van der Waals surface area contributed by atoms with Gasteiger partial charge in [-0.2, -0.15) is 0 Å². The molecule has 2 heterocycles. The van der Waals surface area contributed by atoms with E-state index >= 15 is 0 Å². The van der Waals surface area contributed by atoms with Gasteiger partial charge in [0.1, 0.15) is 5.82 Å². The molecule has 1 fully saturated rings. The highest BCUT2D eigenvalue weighted by molar-refractivity contribution is 5.98. The van der Waals surface area contributed by atoms with E-state index in [4.69, 9.17) is 0 Å². The first-order chi connectivity index (χ1) is 9.74. The summed E-state index contributed by atoms with van der Waals surface area (Å²) in [5.74, 6) is 0.602. The normalized spacial score (nSPS) is 16.9. The summed E-state index contributed by atoms with van der Waals surface area (Å²) in [6.45, 7) is 5.51. The summed E-state index contributed by atoms with van der Waals surface area (Å²) in [4.78, 5) is 18.9. The Morgan fingerprint density at radius 1 is 1.45 bits per heavy atom. The number of anilines is 1. The summed E-state index contributed by atoms with van der Waals surface area (Å²) in [6, 6.07) is 3.88. The molecule has 0 aromatic carbocycles. The summed E-state index contributed by atoms with van der Waals surface area (Å²) in [7, 11) is 1.78. The van der Waals surface area contributed by atoms with Gasteiger partial charge in [0.2, 0.25) is 0 Å². The van der Waals surface area contributed by atoms with Crippen LogP contribution in [0, 0.1) is 0 Å². The lowest BCUT2D eigenvalue weighted by Gasteiger charge is -2.32. The Balaban J connectivity index is 1.89. The Hall–Kier alpha value is -1.62. The van der Waals surface area contributed by atoms with Crippen molar-refractivity contribution in [1.82, 2.24) is 15.2 Å². The number of amides is 1. The van der Waals surface area contributed by atoms with Crippen molar-refractivity contribution in [3.63, 3.8) is 0 Å². The number of aromatic nitrogens is 1. The molecule has 110 valence electrons. The Labute approximate surface area is 120 Å². The maximum Gasteiger partial charge on any atom is 0.255 e. The van der Waals surface area contributed by atoms with Crippen molar-refractivity contribution in [3.05, 3.63) is 23.9 Å². The van der Waals surface area contributed by atoms with Crippen molar-refractivity contribution in [1.29, 1.82) is 0 Å². The maximum atomic E-state index is 12.3. The van der Waals surface area contributed by atoms with Crippen molar-refractivity contribution >= 4 is 11.7 Å². The molecule has 0 aliphatic carbocycles. The van der Waals surface area contributed by atoms with Crippen molar-refractivity contribution in [2.45, 2.75) is 32.2 Å². The van der Waals surface area contributed by atoms with Crippen LogP contribution in [0.25, 0.3) is 0 Å². The highest BCUT2D eigenvalue weighted by Gasteiger charge is 2.21.